The van der Waals surface area contributed by atoms with Gasteiger partial charge in [-0.05, 0) is 18.9 Å². The van der Waals surface area contributed by atoms with Gasteiger partial charge >= 0.3 is 5.97 Å². The van der Waals surface area contributed by atoms with Gasteiger partial charge in [-0.25, -0.2) is 0 Å². The van der Waals surface area contributed by atoms with Crippen LogP contribution in [0.4, 0.5) is 0 Å². The Labute approximate surface area is 105 Å². The molecule has 92 valence electrons. The zero-order chi connectivity index (χ0) is 12.5. The minimum absolute atomic E-state index is 0.0848. The van der Waals surface area contributed by atoms with Crippen LogP contribution in [0.1, 0.15) is 37.7 Å². The SMILES string of the molecule is O=C(O)C1(c2cccc(Cl)c2O)CCCCC1. The van der Waals surface area contributed by atoms with Crippen molar-refractivity contribution in [2.24, 2.45) is 0 Å². The molecule has 1 fully saturated rings. The van der Waals surface area contributed by atoms with Crippen molar-refractivity contribution < 1.29 is 15.0 Å². The molecule has 0 radical (unpaired) electrons. The topological polar surface area (TPSA) is 57.5 Å². The maximum atomic E-state index is 11.6. The normalized spacial score (nSPS) is 18.9. The van der Waals surface area contributed by atoms with Gasteiger partial charge in [-0.2, -0.15) is 0 Å². The van der Waals surface area contributed by atoms with Crippen molar-refractivity contribution in [1.82, 2.24) is 0 Å². The van der Waals surface area contributed by atoms with Crippen LogP contribution in [0, 0.1) is 0 Å². The summed E-state index contributed by atoms with van der Waals surface area (Å²) < 4.78 is 0. The standard InChI is InChI=1S/C13H15ClO3/c14-10-6-4-5-9(11(10)15)13(12(16)17)7-2-1-3-8-13/h4-6,15H,1-3,7-8H2,(H,16,17). The van der Waals surface area contributed by atoms with E-state index in [9.17, 15) is 15.0 Å². The molecule has 1 aliphatic rings. The molecule has 1 aliphatic carbocycles. The molecular weight excluding hydrogens is 240 g/mol. The Hall–Kier alpha value is -1.22. The predicted molar refractivity (Wildman–Crippen MR) is 65.5 cm³/mol. The lowest BCUT2D eigenvalue weighted by molar-refractivity contribution is -0.145. The van der Waals surface area contributed by atoms with E-state index in [-0.39, 0.29) is 10.8 Å². The van der Waals surface area contributed by atoms with Crippen molar-refractivity contribution >= 4 is 17.6 Å². The number of carboxylic acid groups (broad SMARTS) is 1. The molecule has 1 aromatic rings. The number of hydrogen-bond donors (Lipinski definition) is 2. The second-order valence-corrected chi connectivity index (χ2v) is 4.99. The average molecular weight is 255 g/mol. The fraction of sp³-hybridized carbons (Fsp3) is 0.462. The van der Waals surface area contributed by atoms with Crippen molar-refractivity contribution in [2.75, 3.05) is 0 Å². The minimum Gasteiger partial charge on any atom is -0.506 e. The predicted octanol–water partition coefficient (Wildman–Crippen LogP) is 3.33. The van der Waals surface area contributed by atoms with E-state index in [1.807, 2.05) is 0 Å². The molecule has 1 aromatic carbocycles. The highest BCUT2D eigenvalue weighted by Gasteiger charge is 2.43. The Morgan fingerprint density at radius 3 is 2.47 bits per heavy atom. The third kappa shape index (κ3) is 2.00. The van der Waals surface area contributed by atoms with Crippen molar-refractivity contribution in [3.8, 4) is 5.75 Å². The van der Waals surface area contributed by atoms with Gasteiger partial charge in [0.05, 0.1) is 10.4 Å². The van der Waals surface area contributed by atoms with Crippen LogP contribution in [0.3, 0.4) is 0 Å². The Morgan fingerprint density at radius 1 is 1.24 bits per heavy atom. The zero-order valence-corrected chi connectivity index (χ0v) is 10.2. The Bertz CT molecular complexity index is 436. The van der Waals surface area contributed by atoms with Gasteiger partial charge in [-0.3, -0.25) is 4.79 Å². The molecular formula is C13H15ClO3. The van der Waals surface area contributed by atoms with Gasteiger partial charge in [-0.15, -0.1) is 0 Å². The largest absolute Gasteiger partial charge is 0.506 e. The fourth-order valence-corrected chi connectivity index (χ4v) is 2.83. The Balaban J connectivity index is 2.53. The number of carbonyl (C=O) groups is 1. The lowest BCUT2D eigenvalue weighted by Crippen LogP contribution is -2.37. The van der Waals surface area contributed by atoms with E-state index in [2.05, 4.69) is 0 Å². The van der Waals surface area contributed by atoms with Crippen LogP contribution >= 0.6 is 11.6 Å². The van der Waals surface area contributed by atoms with E-state index in [0.29, 0.717) is 18.4 Å². The molecule has 1 saturated carbocycles. The molecule has 0 spiro atoms. The van der Waals surface area contributed by atoms with Crippen LogP contribution in [-0.4, -0.2) is 16.2 Å². The lowest BCUT2D eigenvalue weighted by atomic mass is 9.69. The molecule has 0 amide bonds. The monoisotopic (exact) mass is 254 g/mol. The molecule has 2 N–H and O–H groups in total. The van der Waals surface area contributed by atoms with E-state index in [1.165, 1.54) is 0 Å². The van der Waals surface area contributed by atoms with Crippen molar-refractivity contribution in [1.29, 1.82) is 0 Å². The average Bonchev–Trinajstić information content (AvgIpc) is 2.33. The van der Waals surface area contributed by atoms with Gasteiger partial charge in [-0.1, -0.05) is 43.0 Å². The van der Waals surface area contributed by atoms with Crippen molar-refractivity contribution in [2.45, 2.75) is 37.5 Å². The van der Waals surface area contributed by atoms with Gasteiger partial charge < -0.3 is 10.2 Å². The van der Waals surface area contributed by atoms with Crippen LogP contribution in [0.5, 0.6) is 5.75 Å². The number of phenolic OH excluding ortho intramolecular Hbond substituents is 1. The van der Waals surface area contributed by atoms with Gasteiger partial charge in [0.15, 0.2) is 0 Å². The van der Waals surface area contributed by atoms with Gasteiger partial charge in [0.25, 0.3) is 0 Å². The molecule has 4 heteroatoms. The van der Waals surface area contributed by atoms with E-state index >= 15 is 0 Å². The summed E-state index contributed by atoms with van der Waals surface area (Å²) in [4.78, 5) is 11.6. The summed E-state index contributed by atoms with van der Waals surface area (Å²) in [6.45, 7) is 0. The number of halogens is 1. The number of aliphatic carboxylic acids is 1. The van der Waals surface area contributed by atoms with Crippen LogP contribution in [0.25, 0.3) is 0 Å². The fourth-order valence-electron chi connectivity index (χ4n) is 2.66. The van der Waals surface area contributed by atoms with E-state index < -0.39 is 11.4 Å². The first kappa shape index (κ1) is 12.2. The maximum Gasteiger partial charge on any atom is 0.314 e. The lowest BCUT2D eigenvalue weighted by Gasteiger charge is -2.34. The summed E-state index contributed by atoms with van der Waals surface area (Å²) in [5.74, 6) is -0.951. The summed E-state index contributed by atoms with van der Waals surface area (Å²) in [5, 5.41) is 19.7. The molecule has 0 saturated heterocycles. The highest BCUT2D eigenvalue weighted by Crippen LogP contribution is 2.45. The van der Waals surface area contributed by atoms with E-state index in [4.69, 9.17) is 11.6 Å². The zero-order valence-electron chi connectivity index (χ0n) is 9.45. The number of hydrogen-bond acceptors (Lipinski definition) is 2. The number of para-hydroxylation sites is 1. The summed E-state index contributed by atoms with van der Waals surface area (Å²) in [6, 6.07) is 4.93. The van der Waals surface area contributed by atoms with Crippen molar-refractivity contribution in [3.05, 3.63) is 28.8 Å². The molecule has 0 aliphatic heterocycles. The molecule has 0 unspecified atom stereocenters. The van der Waals surface area contributed by atoms with Crippen LogP contribution in [0.15, 0.2) is 18.2 Å². The second-order valence-electron chi connectivity index (χ2n) is 4.58. The molecule has 2 rings (SSSR count). The summed E-state index contributed by atoms with van der Waals surface area (Å²) in [5.41, 5.74) is -0.509. The van der Waals surface area contributed by atoms with Gasteiger partial charge in [0.2, 0.25) is 0 Å². The Kier molecular flexibility index (Phi) is 3.29. The molecule has 3 nitrogen and oxygen atoms in total. The van der Waals surface area contributed by atoms with E-state index in [1.54, 1.807) is 18.2 Å². The first-order valence-corrected chi connectivity index (χ1v) is 6.17. The molecule has 0 heterocycles. The van der Waals surface area contributed by atoms with Crippen LogP contribution < -0.4 is 0 Å². The van der Waals surface area contributed by atoms with Gasteiger partial charge in [0, 0.05) is 5.56 Å². The molecule has 0 atom stereocenters. The van der Waals surface area contributed by atoms with Crippen molar-refractivity contribution in [3.63, 3.8) is 0 Å². The Morgan fingerprint density at radius 2 is 1.88 bits per heavy atom. The second kappa shape index (κ2) is 4.57. The first-order chi connectivity index (χ1) is 8.08. The number of rotatable bonds is 2. The van der Waals surface area contributed by atoms with Gasteiger partial charge in [0.1, 0.15) is 5.75 Å². The van der Waals surface area contributed by atoms with Crippen LogP contribution in [0.2, 0.25) is 5.02 Å². The number of carboxylic acids is 1. The summed E-state index contributed by atoms with van der Waals surface area (Å²) in [6.07, 6.45) is 3.93. The number of aromatic hydroxyl groups is 1. The maximum absolute atomic E-state index is 11.6. The number of benzene rings is 1. The highest BCUT2D eigenvalue weighted by molar-refractivity contribution is 6.32. The minimum atomic E-state index is -0.965. The number of phenols is 1. The molecule has 0 bridgehead atoms. The third-order valence-electron chi connectivity index (χ3n) is 3.62. The highest BCUT2D eigenvalue weighted by atomic mass is 35.5. The molecule has 17 heavy (non-hydrogen) atoms. The van der Waals surface area contributed by atoms with E-state index in [0.717, 1.165) is 19.3 Å². The smallest absolute Gasteiger partial charge is 0.314 e. The van der Waals surface area contributed by atoms with Crippen LogP contribution in [-0.2, 0) is 10.2 Å². The first-order valence-electron chi connectivity index (χ1n) is 5.79. The summed E-state index contributed by atoms with van der Waals surface area (Å²) in [7, 11) is 0. The quantitative estimate of drug-likeness (QED) is 0.851. The third-order valence-corrected chi connectivity index (χ3v) is 3.92. The summed E-state index contributed by atoms with van der Waals surface area (Å²) >= 11 is 5.86. The molecule has 0 aromatic heterocycles.